The van der Waals surface area contributed by atoms with Crippen molar-refractivity contribution in [2.24, 2.45) is 0 Å². The molecule has 0 saturated heterocycles. The highest BCUT2D eigenvalue weighted by Gasteiger charge is 2.10. The van der Waals surface area contributed by atoms with Gasteiger partial charge in [0.05, 0.1) is 0 Å². The van der Waals surface area contributed by atoms with E-state index in [0.29, 0.717) is 17.1 Å². The number of benzene rings is 2. The average Bonchev–Trinajstić information content (AvgIpc) is 2.70. The molecule has 0 aliphatic carbocycles. The Morgan fingerprint density at radius 1 is 0.897 bits per heavy atom. The van der Waals surface area contributed by atoms with Crippen LogP contribution in [0.15, 0.2) is 54.9 Å². The van der Waals surface area contributed by atoms with Gasteiger partial charge in [0.1, 0.15) is 12.0 Å². The Balaban J connectivity index is 1.66. The summed E-state index contributed by atoms with van der Waals surface area (Å²) in [6.45, 7) is 3.39. The van der Waals surface area contributed by atoms with Gasteiger partial charge in [-0.1, -0.05) is 17.7 Å². The van der Waals surface area contributed by atoms with Gasteiger partial charge in [0.25, 0.3) is 5.91 Å². The Hall–Kier alpha value is -4.14. The van der Waals surface area contributed by atoms with Crippen LogP contribution in [0.2, 0.25) is 0 Å². The summed E-state index contributed by atoms with van der Waals surface area (Å²) in [5, 5.41) is 5.77. The Kier molecular flexibility index (Phi) is 5.88. The molecule has 2 aromatic carbocycles. The minimum atomic E-state index is -0.314. The second-order valence-corrected chi connectivity index (χ2v) is 6.31. The fourth-order valence-corrected chi connectivity index (χ4v) is 2.46. The van der Waals surface area contributed by atoms with Crippen molar-refractivity contribution in [3.63, 3.8) is 0 Å². The first-order chi connectivity index (χ1) is 13.9. The van der Waals surface area contributed by atoms with Gasteiger partial charge in [-0.05, 0) is 43.3 Å². The summed E-state index contributed by atoms with van der Waals surface area (Å²) < 4.78 is 0. The van der Waals surface area contributed by atoms with Gasteiger partial charge in [-0.15, -0.1) is 0 Å². The minimum Gasteiger partial charge on any atom is -0.393 e. The van der Waals surface area contributed by atoms with Crippen LogP contribution < -0.4 is 27.2 Å². The van der Waals surface area contributed by atoms with E-state index >= 15 is 0 Å². The molecule has 0 aliphatic heterocycles. The molecule has 3 aromatic rings. The number of nitrogens with zero attached hydrogens (tertiary/aromatic N) is 2. The van der Waals surface area contributed by atoms with Crippen molar-refractivity contribution < 1.29 is 9.59 Å². The molecule has 1 heterocycles. The molecule has 0 bridgehead atoms. The summed E-state index contributed by atoms with van der Waals surface area (Å²) in [6, 6.07) is 14.2. The first-order valence-corrected chi connectivity index (χ1v) is 8.80. The number of rotatable bonds is 6. The molecular formula is C20H21N7O2. The second-order valence-electron chi connectivity index (χ2n) is 6.31. The van der Waals surface area contributed by atoms with E-state index in [9.17, 15) is 9.59 Å². The SMILES string of the molecule is CC(=O)Nc1ccc(Nc2ncnc(NNC(=O)c3ccc(C)cc3)c2N)cc1. The van der Waals surface area contributed by atoms with E-state index < -0.39 is 0 Å². The van der Waals surface area contributed by atoms with Crippen LogP contribution in [0.4, 0.5) is 28.7 Å². The van der Waals surface area contributed by atoms with Gasteiger partial charge in [-0.25, -0.2) is 9.97 Å². The fraction of sp³-hybridized carbons (Fsp3) is 0.100. The zero-order chi connectivity index (χ0) is 20.8. The predicted octanol–water partition coefficient (Wildman–Crippen LogP) is 2.83. The monoisotopic (exact) mass is 391 g/mol. The molecule has 1 aromatic heterocycles. The highest BCUT2D eigenvalue weighted by atomic mass is 16.2. The lowest BCUT2D eigenvalue weighted by Gasteiger charge is -2.13. The summed E-state index contributed by atoms with van der Waals surface area (Å²) in [5.41, 5.74) is 14.6. The van der Waals surface area contributed by atoms with E-state index in [1.54, 1.807) is 36.4 Å². The molecule has 0 saturated carbocycles. The number of hydrogen-bond acceptors (Lipinski definition) is 7. The van der Waals surface area contributed by atoms with Crippen molar-refractivity contribution in [1.82, 2.24) is 15.4 Å². The third-order valence-electron chi connectivity index (χ3n) is 3.96. The van der Waals surface area contributed by atoms with E-state index in [-0.39, 0.29) is 23.3 Å². The topological polar surface area (TPSA) is 134 Å². The number of nitrogens with one attached hydrogen (secondary N) is 4. The van der Waals surface area contributed by atoms with Gasteiger partial charge < -0.3 is 16.4 Å². The molecule has 9 nitrogen and oxygen atoms in total. The maximum absolute atomic E-state index is 12.2. The van der Waals surface area contributed by atoms with Crippen molar-refractivity contribution in [2.75, 3.05) is 21.8 Å². The molecule has 0 aliphatic rings. The maximum atomic E-state index is 12.2. The largest absolute Gasteiger partial charge is 0.393 e. The summed E-state index contributed by atoms with van der Waals surface area (Å²) >= 11 is 0. The highest BCUT2D eigenvalue weighted by Crippen LogP contribution is 2.26. The quantitative estimate of drug-likeness (QED) is 0.408. The van der Waals surface area contributed by atoms with Gasteiger partial charge in [0.15, 0.2) is 11.6 Å². The number of hydrogen-bond donors (Lipinski definition) is 5. The van der Waals surface area contributed by atoms with Crippen LogP contribution >= 0.6 is 0 Å². The lowest BCUT2D eigenvalue weighted by molar-refractivity contribution is -0.114. The lowest BCUT2D eigenvalue weighted by Crippen LogP contribution is -2.30. The van der Waals surface area contributed by atoms with Crippen molar-refractivity contribution in [2.45, 2.75) is 13.8 Å². The van der Waals surface area contributed by atoms with Crippen molar-refractivity contribution in [1.29, 1.82) is 0 Å². The van der Waals surface area contributed by atoms with Crippen molar-refractivity contribution in [3.8, 4) is 0 Å². The zero-order valence-electron chi connectivity index (χ0n) is 16.0. The molecule has 0 unspecified atom stereocenters. The molecule has 0 atom stereocenters. The summed E-state index contributed by atoms with van der Waals surface area (Å²) in [6.07, 6.45) is 1.32. The third-order valence-corrected chi connectivity index (χ3v) is 3.96. The summed E-state index contributed by atoms with van der Waals surface area (Å²) in [4.78, 5) is 31.5. The van der Waals surface area contributed by atoms with Crippen LogP contribution in [0.25, 0.3) is 0 Å². The molecule has 6 N–H and O–H groups in total. The van der Waals surface area contributed by atoms with E-state index in [0.717, 1.165) is 11.3 Å². The third kappa shape index (κ3) is 5.19. The second kappa shape index (κ2) is 8.70. The summed E-state index contributed by atoms with van der Waals surface area (Å²) in [5.74, 6) is 0.178. The van der Waals surface area contributed by atoms with Crippen LogP contribution in [-0.2, 0) is 4.79 Å². The van der Waals surface area contributed by atoms with Crippen LogP contribution in [0.5, 0.6) is 0 Å². The van der Waals surface area contributed by atoms with Gasteiger partial charge in [-0.3, -0.25) is 20.4 Å². The molecule has 0 spiro atoms. The van der Waals surface area contributed by atoms with Crippen LogP contribution in [0, 0.1) is 6.92 Å². The number of nitrogen functional groups attached to an aromatic ring is 1. The molecular weight excluding hydrogens is 370 g/mol. The molecule has 3 rings (SSSR count). The molecule has 0 fully saturated rings. The van der Waals surface area contributed by atoms with E-state index in [4.69, 9.17) is 5.73 Å². The van der Waals surface area contributed by atoms with E-state index in [1.165, 1.54) is 13.3 Å². The van der Waals surface area contributed by atoms with Crippen LogP contribution in [-0.4, -0.2) is 21.8 Å². The van der Waals surface area contributed by atoms with Crippen LogP contribution in [0.1, 0.15) is 22.8 Å². The Morgan fingerprint density at radius 2 is 1.52 bits per heavy atom. The molecule has 148 valence electrons. The normalized spacial score (nSPS) is 10.1. The number of aromatic nitrogens is 2. The maximum Gasteiger partial charge on any atom is 0.269 e. The van der Waals surface area contributed by atoms with Gasteiger partial charge in [0, 0.05) is 23.9 Å². The number of nitrogens with two attached hydrogens (primary N) is 1. The zero-order valence-corrected chi connectivity index (χ0v) is 16.0. The van der Waals surface area contributed by atoms with Gasteiger partial charge in [-0.2, -0.15) is 0 Å². The van der Waals surface area contributed by atoms with Gasteiger partial charge in [0.2, 0.25) is 5.91 Å². The highest BCUT2D eigenvalue weighted by molar-refractivity contribution is 5.95. The smallest absolute Gasteiger partial charge is 0.269 e. The minimum absolute atomic E-state index is 0.144. The average molecular weight is 391 g/mol. The van der Waals surface area contributed by atoms with E-state index in [2.05, 4.69) is 31.5 Å². The molecule has 29 heavy (non-hydrogen) atoms. The number of hydrazine groups is 1. The van der Waals surface area contributed by atoms with Gasteiger partial charge >= 0.3 is 0 Å². The number of carbonyl (C=O) groups is 2. The first-order valence-electron chi connectivity index (χ1n) is 8.80. The first kappa shape index (κ1) is 19.6. The number of aryl methyl sites for hydroxylation is 1. The lowest BCUT2D eigenvalue weighted by atomic mass is 10.1. The fourth-order valence-electron chi connectivity index (χ4n) is 2.46. The Labute approximate surface area is 167 Å². The number of anilines is 5. The molecule has 2 amide bonds. The summed E-state index contributed by atoms with van der Waals surface area (Å²) in [7, 11) is 0. The Bertz CT molecular complexity index is 1020. The van der Waals surface area contributed by atoms with Crippen LogP contribution in [0.3, 0.4) is 0 Å². The van der Waals surface area contributed by atoms with E-state index in [1.807, 2.05) is 19.1 Å². The van der Waals surface area contributed by atoms with Crippen molar-refractivity contribution in [3.05, 3.63) is 66.0 Å². The molecule has 0 radical (unpaired) electrons. The number of carbonyl (C=O) groups excluding carboxylic acids is 2. The Morgan fingerprint density at radius 3 is 2.17 bits per heavy atom. The van der Waals surface area contributed by atoms with Crippen molar-refractivity contribution >= 4 is 40.5 Å². The predicted molar refractivity (Wildman–Crippen MR) is 113 cm³/mol. The molecule has 9 heteroatoms. The standard InChI is InChI=1S/C20H21N7O2/c1-12-3-5-14(6-4-12)20(29)27-26-19-17(21)18(22-11-23-19)25-16-9-7-15(8-10-16)24-13(2)28/h3-11H,21H2,1-2H3,(H,24,28)(H,27,29)(H2,22,23,25,26). The number of amides is 2.